The molecular formula is C21H20N2OS. The van der Waals surface area contributed by atoms with E-state index >= 15 is 0 Å². The summed E-state index contributed by atoms with van der Waals surface area (Å²) in [6.07, 6.45) is 3.48. The fourth-order valence-corrected chi connectivity index (χ4v) is 3.62. The van der Waals surface area contributed by atoms with Gasteiger partial charge in [0, 0.05) is 17.3 Å². The number of amides is 1. The van der Waals surface area contributed by atoms with Crippen LogP contribution in [0.25, 0.3) is 0 Å². The van der Waals surface area contributed by atoms with Crippen molar-refractivity contribution in [3.63, 3.8) is 0 Å². The first-order chi connectivity index (χ1) is 12.2. The molecule has 3 rings (SSSR count). The number of carbonyl (C=O) groups is 1. The van der Waals surface area contributed by atoms with Crippen LogP contribution in [0.5, 0.6) is 0 Å². The summed E-state index contributed by atoms with van der Waals surface area (Å²) >= 11 is 1.56. The van der Waals surface area contributed by atoms with Crippen LogP contribution in [0, 0.1) is 0 Å². The van der Waals surface area contributed by atoms with E-state index in [1.807, 2.05) is 79.7 Å². The Hall–Kier alpha value is -2.59. The fraction of sp³-hybridized carbons (Fsp3) is 0.143. The second kappa shape index (κ2) is 8.49. The van der Waals surface area contributed by atoms with Gasteiger partial charge in [0.2, 0.25) is 5.91 Å². The van der Waals surface area contributed by atoms with E-state index in [1.54, 1.807) is 24.2 Å². The van der Waals surface area contributed by atoms with E-state index < -0.39 is 0 Å². The van der Waals surface area contributed by atoms with Crippen molar-refractivity contribution in [2.75, 3.05) is 0 Å². The van der Waals surface area contributed by atoms with Crippen LogP contribution in [-0.2, 0) is 4.79 Å². The second-order valence-corrected chi connectivity index (χ2v) is 6.91. The molecule has 0 saturated carbocycles. The van der Waals surface area contributed by atoms with E-state index in [4.69, 9.17) is 0 Å². The molecule has 0 bridgehead atoms. The van der Waals surface area contributed by atoms with E-state index in [0.717, 1.165) is 16.0 Å². The molecule has 0 fully saturated rings. The van der Waals surface area contributed by atoms with Gasteiger partial charge in [0.15, 0.2) is 0 Å². The molecule has 0 spiro atoms. The van der Waals surface area contributed by atoms with Crippen molar-refractivity contribution in [3.05, 3.63) is 96.3 Å². The lowest BCUT2D eigenvalue weighted by molar-refractivity contribution is -0.121. The predicted molar refractivity (Wildman–Crippen MR) is 102 cm³/mol. The number of rotatable bonds is 6. The summed E-state index contributed by atoms with van der Waals surface area (Å²) in [4.78, 5) is 18.1. The lowest BCUT2D eigenvalue weighted by Crippen LogP contribution is -2.30. The molecule has 0 saturated heterocycles. The number of hydrogen-bond donors (Lipinski definition) is 1. The molecule has 25 heavy (non-hydrogen) atoms. The van der Waals surface area contributed by atoms with Crippen LogP contribution in [0.3, 0.4) is 0 Å². The Kier molecular flexibility index (Phi) is 5.86. The lowest BCUT2D eigenvalue weighted by Gasteiger charge is -2.20. The molecule has 2 aromatic carbocycles. The van der Waals surface area contributed by atoms with Crippen LogP contribution < -0.4 is 5.32 Å². The normalized spacial score (nSPS) is 13.0. The van der Waals surface area contributed by atoms with E-state index in [-0.39, 0.29) is 17.2 Å². The Labute approximate surface area is 152 Å². The van der Waals surface area contributed by atoms with Gasteiger partial charge in [-0.25, -0.2) is 0 Å². The predicted octanol–water partition coefficient (Wildman–Crippen LogP) is 4.79. The summed E-state index contributed by atoms with van der Waals surface area (Å²) in [5, 5.41) is 2.83. The number of aromatic nitrogens is 1. The molecule has 4 heteroatoms. The SMILES string of the molecule is C[C@@H](NC(=O)[C@@H](Sc1ccccc1)c1ccccc1)c1ccncc1. The number of thioether (sulfide) groups is 1. The zero-order valence-corrected chi connectivity index (χ0v) is 14.8. The maximum atomic E-state index is 13.0. The van der Waals surface area contributed by atoms with Gasteiger partial charge < -0.3 is 5.32 Å². The quantitative estimate of drug-likeness (QED) is 0.651. The third-order valence-electron chi connectivity index (χ3n) is 3.90. The van der Waals surface area contributed by atoms with Gasteiger partial charge in [-0.15, -0.1) is 11.8 Å². The van der Waals surface area contributed by atoms with Crippen molar-refractivity contribution >= 4 is 17.7 Å². The van der Waals surface area contributed by atoms with Gasteiger partial charge in [-0.05, 0) is 42.3 Å². The number of pyridine rings is 1. The van der Waals surface area contributed by atoms with Crippen molar-refractivity contribution in [3.8, 4) is 0 Å². The maximum Gasteiger partial charge on any atom is 0.238 e. The minimum absolute atomic E-state index is 0.00404. The first-order valence-electron chi connectivity index (χ1n) is 8.21. The van der Waals surface area contributed by atoms with Crippen LogP contribution >= 0.6 is 11.8 Å². The van der Waals surface area contributed by atoms with Gasteiger partial charge in [0.1, 0.15) is 5.25 Å². The Bertz CT molecular complexity index is 794. The summed E-state index contributed by atoms with van der Waals surface area (Å²) in [7, 11) is 0. The van der Waals surface area contributed by atoms with E-state index in [0.29, 0.717) is 0 Å². The largest absolute Gasteiger partial charge is 0.348 e. The van der Waals surface area contributed by atoms with Crippen LogP contribution in [-0.4, -0.2) is 10.9 Å². The molecule has 0 aliphatic carbocycles. The van der Waals surface area contributed by atoms with Crippen molar-refractivity contribution < 1.29 is 4.79 Å². The maximum absolute atomic E-state index is 13.0. The average molecular weight is 348 g/mol. The number of hydrogen-bond acceptors (Lipinski definition) is 3. The molecule has 0 aliphatic heterocycles. The molecule has 1 aromatic heterocycles. The highest BCUT2D eigenvalue weighted by molar-refractivity contribution is 8.00. The van der Waals surface area contributed by atoms with Gasteiger partial charge in [-0.3, -0.25) is 9.78 Å². The smallest absolute Gasteiger partial charge is 0.238 e. The van der Waals surface area contributed by atoms with E-state index in [9.17, 15) is 4.79 Å². The molecule has 2 atom stereocenters. The molecule has 0 aliphatic rings. The minimum atomic E-state index is -0.298. The molecule has 1 amide bonds. The van der Waals surface area contributed by atoms with Crippen molar-refractivity contribution in [2.24, 2.45) is 0 Å². The summed E-state index contributed by atoms with van der Waals surface area (Å²) in [5.41, 5.74) is 2.04. The first kappa shape index (κ1) is 17.2. The third kappa shape index (κ3) is 4.70. The molecule has 1 heterocycles. The molecule has 1 N–H and O–H groups in total. The lowest BCUT2D eigenvalue weighted by atomic mass is 10.1. The number of benzene rings is 2. The first-order valence-corrected chi connectivity index (χ1v) is 9.09. The Morgan fingerprint density at radius 1 is 0.880 bits per heavy atom. The number of nitrogens with one attached hydrogen (secondary N) is 1. The third-order valence-corrected chi connectivity index (χ3v) is 5.17. The van der Waals surface area contributed by atoms with E-state index in [2.05, 4.69) is 10.3 Å². The molecule has 3 aromatic rings. The zero-order chi connectivity index (χ0) is 17.5. The van der Waals surface area contributed by atoms with Crippen LogP contribution in [0.1, 0.15) is 29.3 Å². The number of carbonyl (C=O) groups excluding carboxylic acids is 1. The Morgan fingerprint density at radius 2 is 1.48 bits per heavy atom. The van der Waals surface area contributed by atoms with Crippen molar-refractivity contribution in [2.45, 2.75) is 23.1 Å². The molecule has 126 valence electrons. The molecular weight excluding hydrogens is 328 g/mol. The summed E-state index contributed by atoms with van der Waals surface area (Å²) in [5.74, 6) is 0.00404. The summed E-state index contributed by atoms with van der Waals surface area (Å²) in [6.45, 7) is 1.99. The van der Waals surface area contributed by atoms with Gasteiger partial charge in [-0.2, -0.15) is 0 Å². The van der Waals surface area contributed by atoms with Crippen molar-refractivity contribution in [1.82, 2.24) is 10.3 Å². The Morgan fingerprint density at radius 3 is 2.12 bits per heavy atom. The zero-order valence-electron chi connectivity index (χ0n) is 14.0. The minimum Gasteiger partial charge on any atom is -0.348 e. The van der Waals surface area contributed by atoms with Gasteiger partial charge in [-0.1, -0.05) is 48.5 Å². The Balaban J connectivity index is 1.80. The van der Waals surface area contributed by atoms with Crippen LogP contribution in [0.15, 0.2) is 90.1 Å². The summed E-state index contributed by atoms with van der Waals surface area (Å²) < 4.78 is 0. The standard InChI is InChI=1S/C21H20N2OS/c1-16(17-12-14-22-15-13-17)23-21(24)20(18-8-4-2-5-9-18)25-19-10-6-3-7-11-19/h2-16,20H,1H3,(H,23,24)/t16-,20+/m1/s1. The van der Waals surface area contributed by atoms with Gasteiger partial charge in [0.25, 0.3) is 0 Å². The molecule has 3 nitrogen and oxygen atoms in total. The highest BCUT2D eigenvalue weighted by Crippen LogP contribution is 2.35. The number of nitrogens with zero attached hydrogens (tertiary/aromatic N) is 1. The highest BCUT2D eigenvalue weighted by Gasteiger charge is 2.23. The van der Waals surface area contributed by atoms with Crippen molar-refractivity contribution in [1.29, 1.82) is 0 Å². The molecule has 0 radical (unpaired) electrons. The van der Waals surface area contributed by atoms with Gasteiger partial charge >= 0.3 is 0 Å². The summed E-state index contributed by atoms with van der Waals surface area (Å²) in [6, 6.07) is 23.7. The second-order valence-electron chi connectivity index (χ2n) is 5.73. The monoisotopic (exact) mass is 348 g/mol. The van der Waals surface area contributed by atoms with Crippen LogP contribution in [0.2, 0.25) is 0 Å². The average Bonchev–Trinajstić information content (AvgIpc) is 2.68. The van der Waals surface area contributed by atoms with Crippen LogP contribution in [0.4, 0.5) is 0 Å². The fourth-order valence-electron chi connectivity index (χ4n) is 2.56. The van der Waals surface area contributed by atoms with Gasteiger partial charge in [0.05, 0.1) is 6.04 Å². The topological polar surface area (TPSA) is 42.0 Å². The molecule has 0 unspecified atom stereocenters. The highest BCUT2D eigenvalue weighted by atomic mass is 32.2. The van der Waals surface area contributed by atoms with E-state index in [1.165, 1.54) is 0 Å².